The van der Waals surface area contributed by atoms with Crippen molar-refractivity contribution in [2.75, 3.05) is 14.1 Å². The summed E-state index contributed by atoms with van der Waals surface area (Å²) in [7, 11) is 3.91. The second-order valence-corrected chi connectivity index (χ2v) is 7.89. The number of carbonyl (C=O) groups excluding carboxylic acids is 1. The SMILES string of the molecule is CC(C)NC(=O)c1nc(CN(C)C)sc1-c1cnc(-c2ccc(F)cc2)[nH]1. The van der Waals surface area contributed by atoms with Gasteiger partial charge in [0.2, 0.25) is 0 Å². The Labute approximate surface area is 161 Å². The standard InChI is InChI=1S/C19H22FN5OS/c1-11(2)22-19(26)16-17(27-15(24-16)10-25(3)4)14-9-21-18(23-14)12-5-7-13(20)8-6-12/h5-9,11H,10H2,1-4H3,(H,21,23)(H,22,26). The summed E-state index contributed by atoms with van der Waals surface area (Å²) in [6.45, 7) is 4.46. The minimum atomic E-state index is -0.297. The number of hydrogen-bond acceptors (Lipinski definition) is 5. The first kappa shape index (κ1) is 19.2. The first-order valence-corrected chi connectivity index (χ1v) is 9.41. The average molecular weight is 387 g/mol. The van der Waals surface area contributed by atoms with E-state index < -0.39 is 0 Å². The molecule has 0 unspecified atom stereocenters. The predicted octanol–water partition coefficient (Wildman–Crippen LogP) is 3.54. The number of benzene rings is 1. The van der Waals surface area contributed by atoms with Crippen LogP contribution in [-0.2, 0) is 6.54 Å². The summed E-state index contributed by atoms with van der Waals surface area (Å²) < 4.78 is 13.1. The van der Waals surface area contributed by atoms with Crippen molar-refractivity contribution >= 4 is 17.2 Å². The van der Waals surface area contributed by atoms with Crippen LogP contribution in [0.4, 0.5) is 4.39 Å². The molecule has 1 aromatic carbocycles. The van der Waals surface area contributed by atoms with Crippen molar-refractivity contribution in [3.8, 4) is 22.0 Å². The van der Waals surface area contributed by atoms with Gasteiger partial charge in [-0.15, -0.1) is 11.3 Å². The molecule has 0 aliphatic rings. The van der Waals surface area contributed by atoms with E-state index in [0.717, 1.165) is 15.4 Å². The summed E-state index contributed by atoms with van der Waals surface area (Å²) in [5.74, 6) is 0.107. The third-order valence-electron chi connectivity index (χ3n) is 3.70. The minimum absolute atomic E-state index is 0.0147. The summed E-state index contributed by atoms with van der Waals surface area (Å²) in [6, 6.07) is 6.12. The summed E-state index contributed by atoms with van der Waals surface area (Å²) in [4.78, 5) is 27.5. The number of rotatable bonds is 6. The highest BCUT2D eigenvalue weighted by Gasteiger charge is 2.22. The van der Waals surface area contributed by atoms with Gasteiger partial charge in [0.25, 0.3) is 5.91 Å². The van der Waals surface area contributed by atoms with E-state index in [4.69, 9.17) is 0 Å². The molecule has 0 saturated heterocycles. The number of hydrogen-bond donors (Lipinski definition) is 2. The topological polar surface area (TPSA) is 73.9 Å². The molecule has 0 radical (unpaired) electrons. The quantitative estimate of drug-likeness (QED) is 0.678. The average Bonchev–Trinajstić information content (AvgIpc) is 3.21. The predicted molar refractivity (Wildman–Crippen MR) is 105 cm³/mol. The Morgan fingerprint density at radius 2 is 2.00 bits per heavy atom. The van der Waals surface area contributed by atoms with Gasteiger partial charge in [0.05, 0.1) is 16.8 Å². The van der Waals surface area contributed by atoms with E-state index in [9.17, 15) is 9.18 Å². The van der Waals surface area contributed by atoms with E-state index in [2.05, 4.69) is 20.3 Å². The number of nitrogens with zero attached hydrogens (tertiary/aromatic N) is 3. The van der Waals surface area contributed by atoms with Crippen LogP contribution in [0, 0.1) is 5.82 Å². The normalized spacial score (nSPS) is 11.4. The zero-order valence-corrected chi connectivity index (χ0v) is 16.5. The van der Waals surface area contributed by atoms with Crippen LogP contribution in [0.2, 0.25) is 0 Å². The van der Waals surface area contributed by atoms with E-state index in [1.165, 1.54) is 23.5 Å². The molecule has 2 heterocycles. The molecule has 0 saturated carbocycles. The second-order valence-electron chi connectivity index (χ2n) is 6.80. The van der Waals surface area contributed by atoms with Crippen molar-refractivity contribution in [1.82, 2.24) is 25.2 Å². The maximum Gasteiger partial charge on any atom is 0.271 e. The van der Waals surface area contributed by atoms with Gasteiger partial charge in [0, 0.05) is 18.2 Å². The van der Waals surface area contributed by atoms with Gasteiger partial charge in [-0.1, -0.05) is 0 Å². The molecule has 8 heteroatoms. The minimum Gasteiger partial charge on any atom is -0.348 e. The number of thiazole rings is 1. The highest BCUT2D eigenvalue weighted by molar-refractivity contribution is 7.15. The van der Waals surface area contributed by atoms with Crippen molar-refractivity contribution in [3.63, 3.8) is 0 Å². The van der Waals surface area contributed by atoms with Gasteiger partial charge < -0.3 is 15.2 Å². The molecule has 6 nitrogen and oxygen atoms in total. The Morgan fingerprint density at radius 1 is 1.30 bits per heavy atom. The Bertz CT molecular complexity index is 930. The van der Waals surface area contributed by atoms with E-state index in [1.54, 1.807) is 18.3 Å². The Kier molecular flexibility index (Phi) is 5.67. The number of carbonyl (C=O) groups is 1. The van der Waals surface area contributed by atoms with Gasteiger partial charge in [-0.05, 0) is 52.2 Å². The largest absolute Gasteiger partial charge is 0.348 e. The summed E-state index contributed by atoms with van der Waals surface area (Å²) in [5, 5.41) is 3.75. The lowest BCUT2D eigenvalue weighted by Crippen LogP contribution is -2.30. The van der Waals surface area contributed by atoms with Crippen molar-refractivity contribution in [3.05, 3.63) is 47.0 Å². The van der Waals surface area contributed by atoms with Crippen LogP contribution >= 0.6 is 11.3 Å². The van der Waals surface area contributed by atoms with Crippen LogP contribution in [-0.4, -0.2) is 45.9 Å². The molecular weight excluding hydrogens is 365 g/mol. The maximum atomic E-state index is 13.1. The van der Waals surface area contributed by atoms with Crippen molar-refractivity contribution < 1.29 is 9.18 Å². The summed E-state index contributed by atoms with van der Waals surface area (Å²) >= 11 is 1.46. The molecule has 1 amide bonds. The van der Waals surface area contributed by atoms with Gasteiger partial charge in [-0.25, -0.2) is 14.4 Å². The molecule has 0 spiro atoms. The number of nitrogens with one attached hydrogen (secondary N) is 2. The van der Waals surface area contributed by atoms with Crippen molar-refractivity contribution in [1.29, 1.82) is 0 Å². The van der Waals surface area contributed by atoms with Crippen molar-refractivity contribution in [2.45, 2.75) is 26.4 Å². The molecule has 3 aromatic rings. The fourth-order valence-corrected chi connectivity index (χ4v) is 3.70. The first-order valence-electron chi connectivity index (χ1n) is 8.60. The van der Waals surface area contributed by atoms with E-state index in [0.29, 0.717) is 23.8 Å². The third kappa shape index (κ3) is 4.58. The zero-order chi connectivity index (χ0) is 19.6. The van der Waals surface area contributed by atoms with Crippen LogP contribution in [0.3, 0.4) is 0 Å². The third-order valence-corrected chi connectivity index (χ3v) is 4.77. The lowest BCUT2D eigenvalue weighted by molar-refractivity contribution is 0.0939. The van der Waals surface area contributed by atoms with Gasteiger partial charge in [-0.2, -0.15) is 0 Å². The Morgan fingerprint density at radius 3 is 2.63 bits per heavy atom. The molecule has 0 aliphatic carbocycles. The van der Waals surface area contributed by atoms with Crippen molar-refractivity contribution in [2.24, 2.45) is 0 Å². The molecule has 0 bridgehead atoms. The highest BCUT2D eigenvalue weighted by Crippen LogP contribution is 2.31. The molecule has 0 atom stereocenters. The maximum absolute atomic E-state index is 13.1. The number of H-pyrrole nitrogens is 1. The van der Waals surface area contributed by atoms with E-state index in [-0.39, 0.29) is 17.8 Å². The molecule has 0 fully saturated rings. The van der Waals surface area contributed by atoms with Crippen LogP contribution in [0.1, 0.15) is 29.3 Å². The van der Waals surface area contributed by atoms with Gasteiger partial charge in [0.15, 0.2) is 0 Å². The summed E-state index contributed by atoms with van der Waals surface area (Å²) in [6.07, 6.45) is 1.68. The fourth-order valence-electron chi connectivity index (χ4n) is 2.56. The molecule has 2 N–H and O–H groups in total. The van der Waals surface area contributed by atoms with Crippen LogP contribution < -0.4 is 5.32 Å². The molecule has 0 aliphatic heterocycles. The highest BCUT2D eigenvalue weighted by atomic mass is 32.1. The fraction of sp³-hybridized carbons (Fsp3) is 0.316. The number of imidazole rings is 1. The van der Waals surface area contributed by atoms with Gasteiger partial charge >= 0.3 is 0 Å². The van der Waals surface area contributed by atoms with Crippen LogP contribution in [0.15, 0.2) is 30.5 Å². The van der Waals surface area contributed by atoms with Gasteiger partial charge in [-0.3, -0.25) is 4.79 Å². The second kappa shape index (κ2) is 7.98. The zero-order valence-electron chi connectivity index (χ0n) is 15.7. The monoisotopic (exact) mass is 387 g/mol. The van der Waals surface area contributed by atoms with E-state index >= 15 is 0 Å². The molecule has 3 rings (SSSR count). The smallest absolute Gasteiger partial charge is 0.271 e. The number of aromatic nitrogens is 3. The lowest BCUT2D eigenvalue weighted by atomic mass is 10.2. The number of halogens is 1. The molecule has 2 aromatic heterocycles. The Balaban J connectivity index is 1.98. The first-order chi connectivity index (χ1) is 12.8. The number of aromatic amines is 1. The van der Waals surface area contributed by atoms with Crippen LogP contribution in [0.25, 0.3) is 22.0 Å². The Hall–Kier alpha value is -2.58. The molecular formula is C19H22FN5OS. The number of amides is 1. The van der Waals surface area contributed by atoms with Crippen LogP contribution in [0.5, 0.6) is 0 Å². The lowest BCUT2D eigenvalue weighted by Gasteiger charge is -2.07. The molecule has 27 heavy (non-hydrogen) atoms. The van der Waals surface area contributed by atoms with E-state index in [1.807, 2.05) is 32.8 Å². The summed E-state index contributed by atoms with van der Waals surface area (Å²) in [5.41, 5.74) is 1.87. The van der Waals surface area contributed by atoms with Gasteiger partial charge in [0.1, 0.15) is 22.3 Å². The molecule has 142 valence electrons.